The number of nitrogens with zero attached hydrogens (tertiary/aromatic N) is 1. The first-order valence-electron chi connectivity index (χ1n) is 8.91. The normalized spacial score (nSPS) is 11.4. The van der Waals surface area contributed by atoms with Crippen molar-refractivity contribution in [3.8, 4) is 23.3 Å². The molecule has 0 N–H and O–H groups in total. The maximum Gasteiger partial charge on any atom is 0.339 e. The molecular formula is C23H19NO5S. The molecule has 0 aromatic heterocycles. The van der Waals surface area contributed by atoms with Crippen molar-refractivity contribution in [3.63, 3.8) is 0 Å². The number of methoxy groups -OCH3 is 2. The summed E-state index contributed by atoms with van der Waals surface area (Å²) >= 11 is 0. The summed E-state index contributed by atoms with van der Waals surface area (Å²) in [4.78, 5) is 0.0455. The van der Waals surface area contributed by atoms with Crippen molar-refractivity contribution in [2.24, 2.45) is 0 Å². The molecule has 0 aliphatic carbocycles. The van der Waals surface area contributed by atoms with Crippen LogP contribution in [0.1, 0.15) is 11.1 Å². The lowest BCUT2D eigenvalue weighted by Gasteiger charge is -2.11. The number of para-hydroxylation sites is 1. The van der Waals surface area contributed by atoms with E-state index in [1.165, 1.54) is 32.4 Å². The van der Waals surface area contributed by atoms with Crippen LogP contribution < -0.4 is 13.7 Å². The molecule has 3 aromatic carbocycles. The number of allylic oxidation sites excluding steroid dienone is 1. The summed E-state index contributed by atoms with van der Waals surface area (Å²) in [7, 11) is -0.975. The highest BCUT2D eigenvalue weighted by Crippen LogP contribution is 2.32. The van der Waals surface area contributed by atoms with Crippen LogP contribution >= 0.6 is 0 Å². The molecule has 0 saturated heterocycles. The number of nitriles is 1. The zero-order chi connectivity index (χ0) is 21.6. The molecule has 0 atom stereocenters. The molecule has 6 nitrogen and oxygen atoms in total. The Kier molecular flexibility index (Phi) is 6.40. The molecule has 0 heterocycles. The predicted octanol–water partition coefficient (Wildman–Crippen LogP) is 4.54. The molecule has 0 bridgehead atoms. The average Bonchev–Trinajstić information content (AvgIpc) is 2.78. The Balaban J connectivity index is 2.01. The summed E-state index contributed by atoms with van der Waals surface area (Å²) < 4.78 is 41.1. The van der Waals surface area contributed by atoms with Gasteiger partial charge in [0.25, 0.3) is 0 Å². The van der Waals surface area contributed by atoms with Crippen molar-refractivity contribution < 1.29 is 22.1 Å². The third kappa shape index (κ3) is 4.62. The molecule has 3 rings (SSSR count). The van der Waals surface area contributed by atoms with Crippen molar-refractivity contribution in [1.29, 1.82) is 5.26 Å². The van der Waals surface area contributed by atoms with Crippen molar-refractivity contribution >= 4 is 21.8 Å². The molecule has 0 amide bonds. The first kappa shape index (κ1) is 21.0. The number of hydrogen-bond acceptors (Lipinski definition) is 6. The zero-order valence-electron chi connectivity index (χ0n) is 16.4. The highest BCUT2D eigenvalue weighted by molar-refractivity contribution is 7.87. The van der Waals surface area contributed by atoms with Crippen LogP contribution in [0, 0.1) is 11.3 Å². The van der Waals surface area contributed by atoms with Crippen LogP contribution in [-0.2, 0) is 10.1 Å². The average molecular weight is 421 g/mol. The molecule has 0 aliphatic rings. The van der Waals surface area contributed by atoms with Crippen molar-refractivity contribution in [1.82, 2.24) is 0 Å². The van der Waals surface area contributed by atoms with Crippen LogP contribution in [0.25, 0.3) is 11.6 Å². The number of ether oxygens (including phenoxy) is 2. The topological polar surface area (TPSA) is 85.6 Å². The minimum Gasteiger partial charge on any atom is -0.493 e. The van der Waals surface area contributed by atoms with E-state index in [0.29, 0.717) is 28.2 Å². The SMILES string of the molecule is COc1ccc(/C(C#N)=C/c2ccccc2OS(=O)(=O)c2ccccc2)cc1OC. The number of benzene rings is 3. The molecule has 0 fully saturated rings. The van der Waals surface area contributed by atoms with Crippen LogP contribution in [-0.4, -0.2) is 22.6 Å². The Morgan fingerprint density at radius 3 is 2.20 bits per heavy atom. The molecular weight excluding hydrogens is 402 g/mol. The van der Waals surface area contributed by atoms with Crippen molar-refractivity contribution in [2.75, 3.05) is 14.2 Å². The van der Waals surface area contributed by atoms with Gasteiger partial charge in [-0.2, -0.15) is 13.7 Å². The molecule has 3 aromatic rings. The van der Waals surface area contributed by atoms with Gasteiger partial charge in [0.05, 0.1) is 25.9 Å². The van der Waals surface area contributed by atoms with Gasteiger partial charge in [0, 0.05) is 5.56 Å². The van der Waals surface area contributed by atoms with Gasteiger partial charge in [0.15, 0.2) is 11.5 Å². The van der Waals surface area contributed by atoms with Gasteiger partial charge in [-0.1, -0.05) is 36.4 Å². The van der Waals surface area contributed by atoms with E-state index in [9.17, 15) is 13.7 Å². The Morgan fingerprint density at radius 2 is 1.53 bits per heavy atom. The summed E-state index contributed by atoms with van der Waals surface area (Å²) in [5, 5.41) is 9.68. The summed E-state index contributed by atoms with van der Waals surface area (Å²) in [6, 6.07) is 21.7. The molecule has 0 unspecified atom stereocenters. The van der Waals surface area contributed by atoms with E-state index in [0.717, 1.165) is 0 Å². The van der Waals surface area contributed by atoms with Crippen LogP contribution in [0.2, 0.25) is 0 Å². The third-order valence-corrected chi connectivity index (χ3v) is 5.51. The van der Waals surface area contributed by atoms with Gasteiger partial charge in [-0.3, -0.25) is 0 Å². The maximum atomic E-state index is 12.6. The molecule has 0 spiro atoms. The highest BCUT2D eigenvalue weighted by Gasteiger charge is 2.18. The number of hydrogen-bond donors (Lipinski definition) is 0. The van der Waals surface area contributed by atoms with E-state index in [1.54, 1.807) is 60.7 Å². The summed E-state index contributed by atoms with van der Waals surface area (Å²) in [6.07, 6.45) is 1.57. The summed E-state index contributed by atoms with van der Waals surface area (Å²) in [6.45, 7) is 0. The summed E-state index contributed by atoms with van der Waals surface area (Å²) in [5.74, 6) is 1.14. The first-order valence-corrected chi connectivity index (χ1v) is 10.3. The largest absolute Gasteiger partial charge is 0.493 e. The molecule has 7 heteroatoms. The fourth-order valence-corrected chi connectivity index (χ4v) is 3.74. The van der Waals surface area contributed by atoms with Gasteiger partial charge >= 0.3 is 10.1 Å². The quantitative estimate of drug-likeness (QED) is 0.316. The van der Waals surface area contributed by atoms with E-state index < -0.39 is 10.1 Å². The van der Waals surface area contributed by atoms with E-state index in [2.05, 4.69) is 6.07 Å². The standard InChI is InChI=1S/C23H19NO5S/c1-27-22-13-12-17(15-23(22)28-2)19(16-24)14-18-8-6-7-11-21(18)29-30(25,26)20-9-4-3-5-10-20/h3-15H,1-2H3/b19-14+. The van der Waals surface area contributed by atoms with Crippen molar-refractivity contribution in [3.05, 3.63) is 83.9 Å². The monoisotopic (exact) mass is 421 g/mol. The fraction of sp³-hybridized carbons (Fsp3) is 0.0870. The molecule has 0 saturated carbocycles. The van der Waals surface area contributed by atoms with Gasteiger partial charge in [-0.25, -0.2) is 0 Å². The smallest absolute Gasteiger partial charge is 0.339 e. The van der Waals surface area contributed by atoms with E-state index in [1.807, 2.05) is 0 Å². The Hall–Kier alpha value is -3.76. The van der Waals surface area contributed by atoms with Gasteiger partial charge in [-0.05, 0) is 48.0 Å². The second-order valence-electron chi connectivity index (χ2n) is 6.13. The van der Waals surface area contributed by atoms with Crippen molar-refractivity contribution in [2.45, 2.75) is 4.90 Å². The highest BCUT2D eigenvalue weighted by atomic mass is 32.2. The van der Waals surface area contributed by atoms with E-state index >= 15 is 0 Å². The van der Waals surface area contributed by atoms with Gasteiger partial charge < -0.3 is 13.7 Å². The molecule has 0 aliphatic heterocycles. The minimum atomic E-state index is -4.01. The van der Waals surface area contributed by atoms with Crippen LogP contribution in [0.4, 0.5) is 0 Å². The predicted molar refractivity (Wildman–Crippen MR) is 114 cm³/mol. The first-order chi connectivity index (χ1) is 14.5. The number of rotatable bonds is 7. The van der Waals surface area contributed by atoms with Crippen LogP contribution in [0.15, 0.2) is 77.7 Å². The Bertz CT molecular complexity index is 1210. The van der Waals surface area contributed by atoms with Gasteiger partial charge in [-0.15, -0.1) is 0 Å². The molecule has 152 valence electrons. The maximum absolute atomic E-state index is 12.6. The van der Waals surface area contributed by atoms with Gasteiger partial charge in [0.2, 0.25) is 0 Å². The second kappa shape index (κ2) is 9.16. The minimum absolute atomic E-state index is 0.0455. The Morgan fingerprint density at radius 1 is 0.867 bits per heavy atom. The molecule has 0 radical (unpaired) electrons. The van der Waals surface area contributed by atoms with Crippen LogP contribution in [0.3, 0.4) is 0 Å². The zero-order valence-corrected chi connectivity index (χ0v) is 17.2. The third-order valence-electron chi connectivity index (χ3n) is 4.27. The molecule has 30 heavy (non-hydrogen) atoms. The Labute approximate surface area is 175 Å². The van der Waals surface area contributed by atoms with E-state index in [-0.39, 0.29) is 10.6 Å². The van der Waals surface area contributed by atoms with Crippen LogP contribution in [0.5, 0.6) is 17.2 Å². The van der Waals surface area contributed by atoms with E-state index in [4.69, 9.17) is 13.7 Å². The summed E-state index contributed by atoms with van der Waals surface area (Å²) in [5.41, 5.74) is 1.35. The fourth-order valence-electron chi connectivity index (χ4n) is 2.77. The van der Waals surface area contributed by atoms with Gasteiger partial charge in [0.1, 0.15) is 10.6 Å². The lowest BCUT2D eigenvalue weighted by Crippen LogP contribution is -2.10. The lowest BCUT2D eigenvalue weighted by molar-refractivity contribution is 0.355. The lowest BCUT2D eigenvalue weighted by atomic mass is 10.0. The second-order valence-corrected chi connectivity index (χ2v) is 7.67.